The van der Waals surface area contributed by atoms with Crippen molar-refractivity contribution in [2.45, 2.75) is 27.3 Å². The van der Waals surface area contributed by atoms with E-state index in [2.05, 4.69) is 38.2 Å². The van der Waals surface area contributed by atoms with Crippen LogP contribution in [0.4, 0.5) is 0 Å². The van der Waals surface area contributed by atoms with Gasteiger partial charge in [-0.3, -0.25) is 0 Å². The van der Waals surface area contributed by atoms with Gasteiger partial charge in [-0.15, -0.1) is 0 Å². The SMILES string of the molecule is CC(C)=CCNCc1ccc(Cl)cc1C. The number of rotatable bonds is 4. The average molecular weight is 224 g/mol. The van der Waals surface area contributed by atoms with Crippen LogP contribution in [0.25, 0.3) is 0 Å². The maximum atomic E-state index is 5.89. The molecule has 0 fully saturated rings. The summed E-state index contributed by atoms with van der Waals surface area (Å²) in [7, 11) is 0. The van der Waals surface area contributed by atoms with Gasteiger partial charge in [-0.2, -0.15) is 0 Å². The van der Waals surface area contributed by atoms with Crippen molar-refractivity contribution in [3.05, 3.63) is 46.0 Å². The molecule has 0 atom stereocenters. The molecule has 82 valence electrons. The Balaban J connectivity index is 2.47. The Bertz CT molecular complexity index is 352. The molecule has 0 heterocycles. The topological polar surface area (TPSA) is 12.0 Å². The van der Waals surface area contributed by atoms with Crippen LogP contribution in [0, 0.1) is 6.92 Å². The third-order valence-corrected chi connectivity index (χ3v) is 2.51. The summed E-state index contributed by atoms with van der Waals surface area (Å²) in [5.41, 5.74) is 3.89. The number of nitrogens with one attached hydrogen (secondary N) is 1. The van der Waals surface area contributed by atoms with E-state index in [1.165, 1.54) is 16.7 Å². The van der Waals surface area contributed by atoms with Gasteiger partial charge in [0.15, 0.2) is 0 Å². The van der Waals surface area contributed by atoms with Gasteiger partial charge >= 0.3 is 0 Å². The molecule has 0 bridgehead atoms. The molecule has 1 nitrogen and oxygen atoms in total. The Morgan fingerprint density at radius 1 is 1.40 bits per heavy atom. The van der Waals surface area contributed by atoms with Crippen LogP contribution in [0.3, 0.4) is 0 Å². The highest BCUT2D eigenvalue weighted by molar-refractivity contribution is 6.30. The van der Waals surface area contributed by atoms with Gasteiger partial charge in [0.1, 0.15) is 0 Å². The van der Waals surface area contributed by atoms with Crippen LogP contribution in [-0.2, 0) is 6.54 Å². The van der Waals surface area contributed by atoms with Crippen molar-refractivity contribution >= 4 is 11.6 Å². The maximum absolute atomic E-state index is 5.89. The molecule has 0 saturated heterocycles. The van der Waals surface area contributed by atoms with Crippen molar-refractivity contribution in [3.8, 4) is 0 Å². The van der Waals surface area contributed by atoms with Crippen molar-refractivity contribution < 1.29 is 0 Å². The Kier molecular flexibility index (Phi) is 4.86. The highest BCUT2D eigenvalue weighted by Gasteiger charge is 1.97. The lowest BCUT2D eigenvalue weighted by molar-refractivity contribution is 0.753. The molecule has 15 heavy (non-hydrogen) atoms. The minimum Gasteiger partial charge on any atom is -0.309 e. The first-order valence-electron chi connectivity index (χ1n) is 5.18. The number of halogens is 1. The van der Waals surface area contributed by atoms with Gasteiger partial charge < -0.3 is 5.32 Å². The highest BCUT2D eigenvalue weighted by atomic mass is 35.5. The van der Waals surface area contributed by atoms with Crippen LogP contribution in [-0.4, -0.2) is 6.54 Å². The predicted molar refractivity (Wildman–Crippen MR) is 67.3 cm³/mol. The van der Waals surface area contributed by atoms with Gasteiger partial charge in [-0.1, -0.05) is 29.3 Å². The van der Waals surface area contributed by atoms with E-state index in [9.17, 15) is 0 Å². The molecule has 0 radical (unpaired) electrons. The van der Waals surface area contributed by atoms with E-state index >= 15 is 0 Å². The van der Waals surface area contributed by atoms with Gasteiger partial charge in [-0.25, -0.2) is 0 Å². The standard InChI is InChI=1S/C13H18ClN/c1-10(2)6-7-15-9-12-4-5-13(14)8-11(12)3/h4-6,8,15H,7,9H2,1-3H3. The van der Waals surface area contributed by atoms with E-state index in [4.69, 9.17) is 11.6 Å². The van der Waals surface area contributed by atoms with Crippen LogP contribution < -0.4 is 5.32 Å². The third kappa shape index (κ3) is 4.50. The summed E-state index contributed by atoms with van der Waals surface area (Å²) in [4.78, 5) is 0. The molecule has 0 aliphatic heterocycles. The normalized spacial score (nSPS) is 10.1. The minimum atomic E-state index is 0.806. The Morgan fingerprint density at radius 2 is 2.13 bits per heavy atom. The summed E-state index contributed by atoms with van der Waals surface area (Å²) in [5.74, 6) is 0. The summed E-state index contributed by atoms with van der Waals surface area (Å²) in [6.45, 7) is 8.12. The third-order valence-electron chi connectivity index (χ3n) is 2.27. The molecular formula is C13H18ClN. The number of benzene rings is 1. The summed E-state index contributed by atoms with van der Waals surface area (Å²) in [6.07, 6.45) is 2.19. The lowest BCUT2D eigenvalue weighted by atomic mass is 10.1. The van der Waals surface area contributed by atoms with Gasteiger partial charge in [0.25, 0.3) is 0 Å². The zero-order chi connectivity index (χ0) is 11.3. The molecule has 0 aliphatic carbocycles. The van der Waals surface area contributed by atoms with Crippen LogP contribution in [0.15, 0.2) is 29.8 Å². The summed E-state index contributed by atoms with van der Waals surface area (Å²) >= 11 is 5.89. The second kappa shape index (κ2) is 5.94. The quantitative estimate of drug-likeness (QED) is 0.606. The summed E-state index contributed by atoms with van der Waals surface area (Å²) in [5, 5.41) is 4.18. The number of hydrogen-bond acceptors (Lipinski definition) is 1. The molecule has 0 saturated carbocycles. The highest BCUT2D eigenvalue weighted by Crippen LogP contribution is 2.14. The number of hydrogen-bond donors (Lipinski definition) is 1. The fraction of sp³-hybridized carbons (Fsp3) is 0.385. The van der Waals surface area contributed by atoms with Gasteiger partial charge in [0.2, 0.25) is 0 Å². The smallest absolute Gasteiger partial charge is 0.0408 e. The maximum Gasteiger partial charge on any atom is 0.0408 e. The molecule has 0 aliphatic rings. The molecular weight excluding hydrogens is 206 g/mol. The summed E-state index contributed by atoms with van der Waals surface area (Å²) in [6, 6.07) is 6.01. The zero-order valence-electron chi connectivity index (χ0n) is 9.60. The Hall–Kier alpha value is -0.790. The first-order chi connectivity index (χ1) is 7.09. The minimum absolute atomic E-state index is 0.806. The van der Waals surface area contributed by atoms with Crippen LogP contribution in [0.1, 0.15) is 25.0 Å². The van der Waals surface area contributed by atoms with E-state index in [1.807, 2.05) is 12.1 Å². The fourth-order valence-electron chi connectivity index (χ4n) is 1.34. The van der Waals surface area contributed by atoms with E-state index < -0.39 is 0 Å². The lowest BCUT2D eigenvalue weighted by Crippen LogP contribution is -2.13. The first-order valence-corrected chi connectivity index (χ1v) is 5.56. The van der Waals surface area contributed by atoms with Crippen molar-refractivity contribution in [1.82, 2.24) is 5.32 Å². The second-order valence-electron chi connectivity index (χ2n) is 3.98. The second-order valence-corrected chi connectivity index (χ2v) is 4.42. The largest absolute Gasteiger partial charge is 0.309 e. The Morgan fingerprint density at radius 3 is 2.73 bits per heavy atom. The van der Waals surface area contributed by atoms with Crippen LogP contribution in [0.2, 0.25) is 5.02 Å². The first kappa shape index (κ1) is 12.3. The molecule has 0 unspecified atom stereocenters. The van der Waals surface area contributed by atoms with Gasteiger partial charge in [0.05, 0.1) is 0 Å². The molecule has 2 heteroatoms. The van der Waals surface area contributed by atoms with Gasteiger partial charge in [0, 0.05) is 18.1 Å². The van der Waals surface area contributed by atoms with Crippen molar-refractivity contribution in [2.75, 3.05) is 6.54 Å². The van der Waals surface area contributed by atoms with Crippen molar-refractivity contribution in [3.63, 3.8) is 0 Å². The van der Waals surface area contributed by atoms with E-state index in [0.717, 1.165) is 18.1 Å². The molecule has 1 aromatic carbocycles. The number of aryl methyl sites for hydroxylation is 1. The molecule has 1 N–H and O–H groups in total. The van der Waals surface area contributed by atoms with Gasteiger partial charge in [-0.05, 0) is 44.0 Å². The van der Waals surface area contributed by atoms with Crippen LogP contribution >= 0.6 is 11.6 Å². The predicted octanol–water partition coefficient (Wildman–Crippen LogP) is 3.70. The summed E-state index contributed by atoms with van der Waals surface area (Å²) < 4.78 is 0. The van der Waals surface area contributed by atoms with E-state index in [0.29, 0.717) is 0 Å². The monoisotopic (exact) mass is 223 g/mol. The van der Waals surface area contributed by atoms with Crippen molar-refractivity contribution in [1.29, 1.82) is 0 Å². The molecule has 1 aromatic rings. The van der Waals surface area contributed by atoms with E-state index in [-0.39, 0.29) is 0 Å². The average Bonchev–Trinajstić information content (AvgIpc) is 2.14. The van der Waals surface area contributed by atoms with Crippen molar-refractivity contribution in [2.24, 2.45) is 0 Å². The molecule has 0 aromatic heterocycles. The Labute approximate surface area is 97.1 Å². The molecule has 0 amide bonds. The molecule has 0 spiro atoms. The van der Waals surface area contributed by atoms with Crippen LogP contribution in [0.5, 0.6) is 0 Å². The zero-order valence-corrected chi connectivity index (χ0v) is 10.4. The molecule has 1 rings (SSSR count). The fourth-order valence-corrected chi connectivity index (χ4v) is 1.57. The number of allylic oxidation sites excluding steroid dienone is 1. The lowest BCUT2D eigenvalue weighted by Gasteiger charge is -2.06. The van der Waals surface area contributed by atoms with E-state index in [1.54, 1.807) is 0 Å².